The van der Waals surface area contributed by atoms with Crippen molar-refractivity contribution in [2.24, 2.45) is 0 Å². The Balaban J connectivity index is 0.000001000. The van der Waals surface area contributed by atoms with Gasteiger partial charge in [0.1, 0.15) is 10.8 Å². The molecule has 2 N–H and O–H groups in total. The Morgan fingerprint density at radius 3 is 2.70 bits per heavy atom. The normalized spacial score (nSPS) is 9.65. The van der Waals surface area contributed by atoms with Crippen LogP contribution in [0.2, 0.25) is 0 Å². The number of anilines is 1. The summed E-state index contributed by atoms with van der Waals surface area (Å²) in [4.78, 5) is 8.56. The molecule has 0 spiro atoms. The summed E-state index contributed by atoms with van der Waals surface area (Å²) in [7, 11) is 1.66. The summed E-state index contributed by atoms with van der Waals surface area (Å²) >= 11 is 1.60. The Bertz CT molecular complexity index is 718. The molecular formula is C13H13Cl2N3OS. The van der Waals surface area contributed by atoms with Crippen LogP contribution in [0.15, 0.2) is 36.7 Å². The second kappa shape index (κ2) is 6.74. The predicted molar refractivity (Wildman–Crippen MR) is 88.3 cm³/mol. The smallest absolute Gasteiger partial charge is 0.126 e. The Morgan fingerprint density at radius 2 is 2.00 bits per heavy atom. The van der Waals surface area contributed by atoms with Gasteiger partial charge in [0.25, 0.3) is 0 Å². The Kier molecular flexibility index (Phi) is 5.56. The van der Waals surface area contributed by atoms with Gasteiger partial charge >= 0.3 is 0 Å². The van der Waals surface area contributed by atoms with Gasteiger partial charge in [0.15, 0.2) is 0 Å². The first-order valence-corrected chi connectivity index (χ1v) is 6.24. The molecule has 0 radical (unpaired) electrons. The number of hydrogen-bond donors (Lipinski definition) is 1. The van der Waals surface area contributed by atoms with Gasteiger partial charge in [-0.2, -0.15) is 0 Å². The molecule has 1 aromatic carbocycles. The van der Waals surface area contributed by atoms with E-state index in [9.17, 15) is 0 Å². The zero-order valence-corrected chi connectivity index (χ0v) is 13.0. The number of nitrogens with two attached hydrogens (primary N) is 1. The van der Waals surface area contributed by atoms with Crippen LogP contribution in [0.1, 0.15) is 0 Å². The third-order valence-electron chi connectivity index (χ3n) is 2.68. The molecule has 0 amide bonds. The number of ether oxygens (including phenoxy) is 1. The van der Waals surface area contributed by atoms with E-state index in [4.69, 9.17) is 10.5 Å². The van der Waals surface area contributed by atoms with Gasteiger partial charge in [-0.1, -0.05) is 0 Å². The van der Waals surface area contributed by atoms with Gasteiger partial charge in [0, 0.05) is 11.8 Å². The average molecular weight is 330 g/mol. The summed E-state index contributed by atoms with van der Waals surface area (Å²) in [6, 6.07) is 7.71. The molecule has 3 rings (SSSR count). The summed E-state index contributed by atoms with van der Waals surface area (Å²) in [5.74, 6) is 0.834. The minimum atomic E-state index is 0. The van der Waals surface area contributed by atoms with Crippen molar-refractivity contribution in [1.29, 1.82) is 0 Å². The first-order valence-electron chi connectivity index (χ1n) is 5.42. The van der Waals surface area contributed by atoms with Crippen molar-refractivity contribution in [3.8, 4) is 16.3 Å². The van der Waals surface area contributed by atoms with Crippen LogP contribution < -0.4 is 10.5 Å². The molecule has 0 saturated carbocycles. The number of pyridine rings is 1. The number of thiazole rings is 1. The van der Waals surface area contributed by atoms with Crippen LogP contribution in [0, 0.1) is 0 Å². The molecule has 0 bridgehead atoms. The summed E-state index contributed by atoms with van der Waals surface area (Å²) in [6.07, 6.45) is 3.36. The molecule has 0 saturated heterocycles. The van der Waals surface area contributed by atoms with Gasteiger partial charge in [-0.3, -0.25) is 4.98 Å². The number of rotatable bonds is 2. The summed E-state index contributed by atoms with van der Waals surface area (Å²) in [5.41, 5.74) is 8.42. The summed E-state index contributed by atoms with van der Waals surface area (Å²) in [5, 5.41) is 0.901. The fourth-order valence-electron chi connectivity index (χ4n) is 1.75. The highest BCUT2D eigenvalue weighted by molar-refractivity contribution is 7.21. The maximum Gasteiger partial charge on any atom is 0.126 e. The highest BCUT2D eigenvalue weighted by atomic mass is 35.5. The lowest BCUT2D eigenvalue weighted by Crippen LogP contribution is -1.89. The van der Waals surface area contributed by atoms with Crippen molar-refractivity contribution in [3.05, 3.63) is 36.7 Å². The van der Waals surface area contributed by atoms with Gasteiger partial charge in [0.05, 0.1) is 29.2 Å². The second-order valence-corrected chi connectivity index (χ2v) is 4.85. The molecule has 3 aromatic rings. The predicted octanol–water partition coefficient (Wildman–Crippen LogP) is 3.79. The van der Waals surface area contributed by atoms with Gasteiger partial charge in [0.2, 0.25) is 0 Å². The number of halogens is 2. The lowest BCUT2D eigenvalue weighted by atomic mass is 10.2. The van der Waals surface area contributed by atoms with Crippen molar-refractivity contribution in [2.45, 2.75) is 0 Å². The van der Waals surface area contributed by atoms with Crippen molar-refractivity contribution in [3.63, 3.8) is 0 Å². The van der Waals surface area contributed by atoms with E-state index < -0.39 is 0 Å². The van der Waals surface area contributed by atoms with Crippen LogP contribution >= 0.6 is 36.2 Å². The maximum absolute atomic E-state index is 5.91. The number of nitrogens with zero attached hydrogens (tertiary/aromatic N) is 2. The maximum atomic E-state index is 5.91. The van der Waals surface area contributed by atoms with Gasteiger partial charge in [-0.25, -0.2) is 4.98 Å². The van der Waals surface area contributed by atoms with E-state index in [1.807, 2.05) is 24.3 Å². The van der Waals surface area contributed by atoms with Gasteiger partial charge < -0.3 is 10.5 Å². The first kappa shape index (κ1) is 16.5. The molecule has 2 heterocycles. The van der Waals surface area contributed by atoms with Crippen LogP contribution in [0.4, 0.5) is 5.69 Å². The lowest BCUT2D eigenvalue weighted by molar-refractivity contribution is 0.415. The molecule has 4 nitrogen and oxygen atoms in total. The molecule has 0 atom stereocenters. The van der Waals surface area contributed by atoms with Crippen molar-refractivity contribution < 1.29 is 4.74 Å². The van der Waals surface area contributed by atoms with E-state index in [0.29, 0.717) is 5.69 Å². The van der Waals surface area contributed by atoms with E-state index in [1.165, 1.54) is 0 Å². The third kappa shape index (κ3) is 2.95. The van der Waals surface area contributed by atoms with Crippen molar-refractivity contribution in [1.82, 2.24) is 9.97 Å². The number of aromatic nitrogens is 2. The highest BCUT2D eigenvalue weighted by Gasteiger charge is 2.09. The molecular weight excluding hydrogens is 317 g/mol. The molecule has 0 aliphatic carbocycles. The van der Waals surface area contributed by atoms with Crippen LogP contribution in [0.25, 0.3) is 20.8 Å². The molecule has 7 heteroatoms. The average Bonchev–Trinajstić information content (AvgIpc) is 2.81. The topological polar surface area (TPSA) is 61.0 Å². The molecule has 0 aliphatic rings. The SMILES string of the molecule is COc1ccc2nc(-c3ccncc3N)sc2c1.Cl.Cl. The molecule has 2 aromatic heterocycles. The lowest BCUT2D eigenvalue weighted by Gasteiger charge is -1.98. The van der Waals surface area contributed by atoms with Crippen LogP contribution in [0.5, 0.6) is 5.75 Å². The third-order valence-corrected chi connectivity index (χ3v) is 3.73. The van der Waals surface area contributed by atoms with Gasteiger partial charge in [-0.05, 0) is 24.3 Å². The second-order valence-electron chi connectivity index (χ2n) is 3.82. The van der Waals surface area contributed by atoms with E-state index in [1.54, 1.807) is 30.8 Å². The molecule has 0 unspecified atom stereocenters. The van der Waals surface area contributed by atoms with E-state index in [2.05, 4.69) is 9.97 Å². The van der Waals surface area contributed by atoms with Gasteiger partial charge in [-0.15, -0.1) is 36.2 Å². The highest BCUT2D eigenvalue weighted by Crippen LogP contribution is 2.34. The number of hydrogen-bond acceptors (Lipinski definition) is 5. The molecule has 20 heavy (non-hydrogen) atoms. The fraction of sp³-hybridized carbons (Fsp3) is 0.0769. The standard InChI is InChI=1S/C13H11N3OS.2ClH/c1-17-8-2-3-11-12(6-8)18-13(16-11)9-4-5-15-7-10(9)14;;/h2-7H,14H2,1H3;2*1H. The van der Waals surface area contributed by atoms with Crippen LogP contribution in [-0.2, 0) is 0 Å². The molecule has 106 valence electrons. The quantitative estimate of drug-likeness (QED) is 0.776. The van der Waals surface area contributed by atoms with E-state index >= 15 is 0 Å². The number of fused-ring (bicyclic) bond motifs is 1. The number of methoxy groups -OCH3 is 1. The summed E-state index contributed by atoms with van der Waals surface area (Å²) < 4.78 is 6.29. The Morgan fingerprint density at radius 1 is 1.20 bits per heavy atom. The van der Waals surface area contributed by atoms with Crippen LogP contribution in [-0.4, -0.2) is 17.1 Å². The molecule has 0 aliphatic heterocycles. The minimum absolute atomic E-state index is 0. The fourth-order valence-corrected chi connectivity index (χ4v) is 2.79. The Labute approximate surface area is 132 Å². The van der Waals surface area contributed by atoms with Crippen molar-refractivity contribution in [2.75, 3.05) is 12.8 Å². The largest absolute Gasteiger partial charge is 0.497 e. The number of benzene rings is 1. The first-order chi connectivity index (χ1) is 8.78. The Hall–Kier alpha value is -1.56. The van der Waals surface area contributed by atoms with E-state index in [0.717, 1.165) is 26.5 Å². The zero-order valence-electron chi connectivity index (χ0n) is 10.6. The van der Waals surface area contributed by atoms with Crippen molar-refractivity contribution >= 4 is 52.1 Å². The summed E-state index contributed by atoms with van der Waals surface area (Å²) in [6.45, 7) is 0. The zero-order chi connectivity index (χ0) is 12.5. The van der Waals surface area contributed by atoms with E-state index in [-0.39, 0.29) is 24.8 Å². The monoisotopic (exact) mass is 329 g/mol. The number of nitrogen functional groups attached to an aromatic ring is 1. The molecule has 0 fully saturated rings. The minimum Gasteiger partial charge on any atom is -0.497 e. The van der Waals surface area contributed by atoms with Crippen LogP contribution in [0.3, 0.4) is 0 Å².